The lowest BCUT2D eigenvalue weighted by Gasteiger charge is -2.35. The van der Waals surface area contributed by atoms with Crippen LogP contribution in [0.2, 0.25) is 0 Å². The number of aliphatic imine (C=N–C) groups is 1. The minimum absolute atomic E-state index is 0.0143. The summed E-state index contributed by atoms with van der Waals surface area (Å²) in [5, 5.41) is 4.46. The maximum absolute atomic E-state index is 6.59. The predicted molar refractivity (Wildman–Crippen MR) is 250 cm³/mol. The highest BCUT2D eigenvalue weighted by Crippen LogP contribution is 2.55. The standard InChI is InChI=1S/C55H66NOP/c1-51(2,3)39-29-40(52(4,5)6)32-44(31-39)58(45-33-41(53(7,8)9)30-42(34-45)54(10,11)12)47-23-17-21-38-25-27-55(49(38)47)26-24-37-20-16-22-46(48(37)55)50-56-43(35-57-50)28-36-18-14-13-15-19-36/h13-23,29-34,43H,24-28,35H2,1-12H3/t43-,55+/m1/s1. The number of nitrogens with zero attached hydrogens (tertiary/aromatic N) is 1. The molecular weight excluding hydrogens is 722 g/mol. The first kappa shape index (κ1) is 40.8. The normalized spacial score (nSPS) is 19.4. The van der Waals surface area contributed by atoms with Gasteiger partial charge in [-0.15, -0.1) is 0 Å². The van der Waals surface area contributed by atoms with Crippen LogP contribution in [-0.4, -0.2) is 18.5 Å². The van der Waals surface area contributed by atoms with E-state index < -0.39 is 7.92 Å². The van der Waals surface area contributed by atoms with Crippen molar-refractivity contribution in [2.45, 2.75) is 148 Å². The average Bonchev–Trinajstić information content (AvgIpc) is 3.89. The number of hydrogen-bond acceptors (Lipinski definition) is 2. The first-order chi connectivity index (χ1) is 27.2. The molecule has 0 saturated heterocycles. The van der Waals surface area contributed by atoms with Gasteiger partial charge in [0, 0.05) is 11.0 Å². The minimum atomic E-state index is -0.951. The van der Waals surface area contributed by atoms with Crippen LogP contribution in [0.3, 0.4) is 0 Å². The summed E-state index contributed by atoms with van der Waals surface area (Å²) in [5.74, 6) is 0.840. The Kier molecular flexibility index (Phi) is 10.3. The third-order valence-electron chi connectivity index (χ3n) is 13.2. The van der Waals surface area contributed by atoms with Crippen LogP contribution in [0.5, 0.6) is 0 Å². The van der Waals surface area contributed by atoms with E-state index >= 15 is 0 Å². The smallest absolute Gasteiger partial charge is 0.216 e. The maximum Gasteiger partial charge on any atom is 0.216 e. The molecule has 1 heterocycles. The van der Waals surface area contributed by atoms with Gasteiger partial charge in [0.2, 0.25) is 5.90 Å². The van der Waals surface area contributed by atoms with Crippen LogP contribution in [0.25, 0.3) is 0 Å². The number of benzene rings is 5. The summed E-state index contributed by atoms with van der Waals surface area (Å²) >= 11 is 0. The fourth-order valence-electron chi connectivity index (χ4n) is 9.73. The number of aryl methyl sites for hydroxylation is 2. The zero-order chi connectivity index (χ0) is 41.4. The third-order valence-corrected chi connectivity index (χ3v) is 15.6. The van der Waals surface area contributed by atoms with Gasteiger partial charge < -0.3 is 4.74 Å². The summed E-state index contributed by atoms with van der Waals surface area (Å²) in [6.45, 7) is 29.2. The Labute approximate surface area is 351 Å². The monoisotopic (exact) mass is 787 g/mol. The van der Waals surface area contributed by atoms with Crippen LogP contribution in [-0.2, 0) is 51.1 Å². The third kappa shape index (κ3) is 7.65. The van der Waals surface area contributed by atoms with Crippen LogP contribution in [0.15, 0.2) is 108 Å². The number of fused-ring (bicyclic) bond motifs is 4. The molecule has 1 spiro atoms. The van der Waals surface area contributed by atoms with Crippen molar-refractivity contribution in [2.75, 3.05) is 6.61 Å². The molecule has 3 heteroatoms. The highest BCUT2D eigenvalue weighted by atomic mass is 31.1. The summed E-state index contributed by atoms with van der Waals surface area (Å²) in [4.78, 5) is 5.32. The second-order valence-corrected chi connectivity index (χ2v) is 23.9. The second-order valence-electron chi connectivity index (χ2n) is 21.7. The van der Waals surface area contributed by atoms with Crippen molar-refractivity contribution in [1.29, 1.82) is 0 Å². The molecule has 0 bridgehead atoms. The molecule has 8 rings (SSSR count). The van der Waals surface area contributed by atoms with Gasteiger partial charge in [0.05, 0.1) is 6.04 Å². The fourth-order valence-corrected chi connectivity index (χ4v) is 12.5. The molecule has 2 nitrogen and oxygen atoms in total. The van der Waals surface area contributed by atoms with Gasteiger partial charge in [-0.2, -0.15) is 0 Å². The van der Waals surface area contributed by atoms with Crippen molar-refractivity contribution < 1.29 is 4.74 Å². The molecule has 3 aliphatic rings. The molecule has 2 aliphatic carbocycles. The molecule has 1 aliphatic heterocycles. The zero-order valence-electron chi connectivity index (χ0n) is 37.4. The molecule has 5 aromatic carbocycles. The van der Waals surface area contributed by atoms with Crippen molar-refractivity contribution >= 4 is 29.7 Å². The van der Waals surface area contributed by atoms with Gasteiger partial charge >= 0.3 is 0 Å². The molecule has 0 N–H and O–H groups in total. The Balaban J connectivity index is 1.37. The van der Waals surface area contributed by atoms with Gasteiger partial charge in [0.15, 0.2) is 0 Å². The lowest BCUT2D eigenvalue weighted by atomic mass is 9.74. The maximum atomic E-state index is 6.59. The van der Waals surface area contributed by atoms with E-state index in [1.54, 1.807) is 5.56 Å². The van der Waals surface area contributed by atoms with Crippen molar-refractivity contribution in [3.63, 3.8) is 0 Å². The summed E-state index contributed by atoms with van der Waals surface area (Å²) in [7, 11) is -0.951. The Bertz CT molecular complexity index is 2230. The van der Waals surface area contributed by atoms with Gasteiger partial charge in [0.1, 0.15) is 6.61 Å². The van der Waals surface area contributed by atoms with E-state index in [1.807, 2.05) is 0 Å². The van der Waals surface area contributed by atoms with E-state index in [0.29, 0.717) is 6.61 Å². The Morgan fingerprint density at radius 3 is 1.55 bits per heavy atom. The SMILES string of the molecule is CC(C)(C)c1cc(P(c2cc(C(C)(C)C)cc(C(C)(C)C)c2)c2cccc3c2[C@@]2(CCc4cccc(C5=N[C@H](Cc6ccccc6)CO5)c42)CC3)cc(C(C)(C)C)c1. The molecule has 0 saturated carbocycles. The largest absolute Gasteiger partial charge is 0.475 e. The molecular formula is C55H66NOP. The molecule has 0 radical (unpaired) electrons. The lowest BCUT2D eigenvalue weighted by Crippen LogP contribution is -2.34. The van der Waals surface area contributed by atoms with E-state index in [4.69, 9.17) is 9.73 Å². The van der Waals surface area contributed by atoms with Crippen LogP contribution < -0.4 is 15.9 Å². The van der Waals surface area contributed by atoms with Crippen LogP contribution in [0.4, 0.5) is 0 Å². The first-order valence-corrected chi connectivity index (χ1v) is 23.2. The lowest BCUT2D eigenvalue weighted by molar-refractivity contribution is 0.316. The highest BCUT2D eigenvalue weighted by molar-refractivity contribution is 7.80. The summed E-state index contributed by atoms with van der Waals surface area (Å²) in [5.41, 5.74) is 14.2. The number of ether oxygens (including phenoxy) is 1. The number of hydrogen-bond donors (Lipinski definition) is 0. The predicted octanol–water partition coefficient (Wildman–Crippen LogP) is 12.2. The molecule has 0 aromatic heterocycles. The Morgan fingerprint density at radius 2 is 1.05 bits per heavy atom. The van der Waals surface area contributed by atoms with Crippen LogP contribution >= 0.6 is 7.92 Å². The van der Waals surface area contributed by atoms with E-state index in [0.717, 1.165) is 38.0 Å². The first-order valence-electron chi connectivity index (χ1n) is 21.8. The van der Waals surface area contributed by atoms with Crippen LogP contribution in [0, 0.1) is 0 Å². The molecule has 0 unspecified atom stereocenters. The molecule has 302 valence electrons. The molecule has 0 fully saturated rings. The topological polar surface area (TPSA) is 21.6 Å². The zero-order valence-corrected chi connectivity index (χ0v) is 38.3. The van der Waals surface area contributed by atoms with E-state index in [-0.39, 0.29) is 33.1 Å². The van der Waals surface area contributed by atoms with Gasteiger partial charge in [-0.25, -0.2) is 4.99 Å². The summed E-state index contributed by atoms with van der Waals surface area (Å²) in [6, 6.07) is 40.5. The van der Waals surface area contributed by atoms with Gasteiger partial charge in [0.25, 0.3) is 0 Å². The minimum Gasteiger partial charge on any atom is -0.475 e. The van der Waals surface area contributed by atoms with Gasteiger partial charge in [-0.1, -0.05) is 180 Å². The average molecular weight is 788 g/mol. The van der Waals surface area contributed by atoms with E-state index in [2.05, 4.69) is 186 Å². The Hall–Kier alpha value is -4.00. The van der Waals surface area contributed by atoms with Crippen molar-refractivity contribution in [1.82, 2.24) is 0 Å². The molecule has 0 amide bonds. The van der Waals surface area contributed by atoms with Crippen molar-refractivity contribution in [3.05, 3.63) is 159 Å². The molecule has 5 aromatic rings. The second kappa shape index (κ2) is 14.6. The summed E-state index contributed by atoms with van der Waals surface area (Å²) in [6.07, 6.45) is 5.32. The fraction of sp³-hybridized carbons (Fsp3) is 0.436. The highest BCUT2D eigenvalue weighted by Gasteiger charge is 2.49. The Morgan fingerprint density at radius 1 is 0.569 bits per heavy atom. The van der Waals surface area contributed by atoms with Crippen LogP contribution in [0.1, 0.15) is 152 Å². The summed E-state index contributed by atoms with van der Waals surface area (Å²) < 4.78 is 6.59. The quantitative estimate of drug-likeness (QED) is 0.157. The van der Waals surface area contributed by atoms with Crippen molar-refractivity contribution in [3.8, 4) is 0 Å². The number of rotatable bonds is 6. The van der Waals surface area contributed by atoms with E-state index in [9.17, 15) is 0 Å². The molecule has 2 atom stereocenters. The van der Waals surface area contributed by atoms with E-state index in [1.165, 1.54) is 66.0 Å². The van der Waals surface area contributed by atoms with Gasteiger partial charge in [-0.05, 0) is 134 Å². The molecule has 58 heavy (non-hydrogen) atoms. The van der Waals surface area contributed by atoms with Crippen molar-refractivity contribution in [2.24, 2.45) is 4.99 Å². The van der Waals surface area contributed by atoms with Gasteiger partial charge in [-0.3, -0.25) is 0 Å².